The first-order valence-corrected chi connectivity index (χ1v) is 14.8. The molecule has 0 atom stereocenters. The van der Waals surface area contributed by atoms with Crippen molar-refractivity contribution in [1.82, 2.24) is 19.9 Å². The van der Waals surface area contributed by atoms with Gasteiger partial charge in [-0.1, -0.05) is 12.1 Å². The average Bonchev–Trinajstić information content (AvgIpc) is 2.86. The largest absolute Gasteiger partial charge is 0.255 e. The Bertz CT molecular complexity index is 1100. The summed E-state index contributed by atoms with van der Waals surface area (Å²) < 4.78 is 0. The van der Waals surface area contributed by atoms with Gasteiger partial charge in [0, 0.05) is 31.2 Å². The van der Waals surface area contributed by atoms with Crippen molar-refractivity contribution in [2.75, 3.05) is 0 Å². The molecule has 6 nitrogen and oxygen atoms in total. The third-order valence-electron chi connectivity index (χ3n) is 4.45. The van der Waals surface area contributed by atoms with E-state index in [0.29, 0.717) is 6.42 Å². The quantitative estimate of drug-likeness (QED) is 0.265. The first kappa shape index (κ1) is 27.5. The molecule has 0 aliphatic carbocycles. The number of carboxylic acid groups (broad SMARTS) is 1. The summed E-state index contributed by atoms with van der Waals surface area (Å²) in [5.41, 5.74) is 5.74. The number of carboxylic acids is 1. The van der Waals surface area contributed by atoms with Crippen molar-refractivity contribution in [3.8, 4) is 22.8 Å². The first-order valence-electron chi connectivity index (χ1n) is 10.3. The van der Waals surface area contributed by atoms with Crippen molar-refractivity contribution in [1.29, 1.82) is 0 Å². The van der Waals surface area contributed by atoms with Crippen LogP contribution in [0.2, 0.25) is 0 Å². The van der Waals surface area contributed by atoms with Gasteiger partial charge in [0.05, 0.1) is 22.8 Å². The van der Waals surface area contributed by atoms with E-state index in [1.807, 2.05) is 67.6 Å². The normalized spacial score (nSPS) is 9.85. The summed E-state index contributed by atoms with van der Waals surface area (Å²) in [5, 5.41) is 8.63. The minimum Gasteiger partial charge on any atom is -0.255 e. The predicted octanol–water partition coefficient (Wildman–Crippen LogP) is 6.38. The molecule has 0 amide bonds. The summed E-state index contributed by atoms with van der Waals surface area (Å²) >= 11 is -0.346. The molecule has 0 unspecified atom stereocenters. The zero-order valence-electron chi connectivity index (χ0n) is 18.5. The second-order valence-electron chi connectivity index (χ2n) is 7.00. The van der Waals surface area contributed by atoms with Gasteiger partial charge >= 0.3 is 40.5 Å². The molecule has 178 valence electrons. The molecule has 0 aliphatic rings. The number of rotatable bonds is 6. The topological polar surface area (TPSA) is 88.9 Å². The first-order chi connectivity index (χ1) is 16.5. The van der Waals surface area contributed by atoms with Crippen LogP contribution in [0.15, 0.2) is 85.5 Å². The van der Waals surface area contributed by atoms with Gasteiger partial charge < -0.3 is 5.11 Å². The van der Waals surface area contributed by atoms with E-state index in [4.69, 9.17) is 24.5 Å². The van der Waals surface area contributed by atoms with E-state index in [1.54, 1.807) is 24.8 Å². The van der Waals surface area contributed by atoms with Crippen molar-refractivity contribution in [2.24, 2.45) is 0 Å². The maximum Gasteiger partial charge on any atom is 0.0886 e. The molecule has 34 heavy (non-hydrogen) atoms. The molecule has 0 radical (unpaired) electrons. The Morgan fingerprint density at radius 1 is 0.794 bits per heavy atom. The van der Waals surface area contributed by atoms with E-state index in [2.05, 4.69) is 19.9 Å². The molecular weight excluding hydrogens is 560 g/mol. The molecule has 0 fully saturated rings. The predicted molar refractivity (Wildman–Crippen MR) is 132 cm³/mol. The number of hydrogen-bond acceptors (Lipinski definition) is 5. The molecule has 0 saturated heterocycles. The Labute approximate surface area is 215 Å². The van der Waals surface area contributed by atoms with Crippen LogP contribution in [0.25, 0.3) is 22.8 Å². The van der Waals surface area contributed by atoms with Crippen molar-refractivity contribution in [3.63, 3.8) is 0 Å². The maximum absolute atomic E-state index is 10.5. The van der Waals surface area contributed by atoms with E-state index < -0.39 is 5.97 Å². The van der Waals surface area contributed by atoms with Gasteiger partial charge in [-0.25, -0.2) is 0 Å². The summed E-state index contributed by atoms with van der Waals surface area (Å²) in [7, 11) is 9.71. The van der Waals surface area contributed by atoms with Crippen LogP contribution >= 0.6 is 19.4 Å². The SMILES string of the molecule is Cc1ccnc(-c2cc(CCCC(=O)O)ccn2)c1.[Cl][Ru][Cl].c1ccc(-c2ccccn2)nc1. The molecular formula is C25H24Cl2N4O2Ru. The third kappa shape index (κ3) is 10.5. The fraction of sp³-hybridized carbons (Fsp3) is 0.160. The van der Waals surface area contributed by atoms with Gasteiger partial charge in [0.15, 0.2) is 0 Å². The van der Waals surface area contributed by atoms with Crippen molar-refractivity contribution in [3.05, 3.63) is 96.6 Å². The monoisotopic (exact) mass is 584 g/mol. The average molecular weight is 584 g/mol. The molecule has 4 heterocycles. The standard InChI is InChI=1S/C15H16N2O2.C10H8N2.2ClH.Ru/c1-11-5-7-16-13(9-11)14-10-12(6-8-17-14)3-2-4-15(18)19;1-3-7-11-9(5-1)10-6-2-4-8-12-10;;;/h5-10H,2-4H2,1H3,(H,18,19);1-8H;2*1H;/q;;;;+2/p-2. The Kier molecular flexibility index (Phi) is 12.9. The summed E-state index contributed by atoms with van der Waals surface area (Å²) in [6.45, 7) is 2.02. The van der Waals surface area contributed by atoms with E-state index in [-0.39, 0.29) is 21.6 Å². The fourth-order valence-corrected chi connectivity index (χ4v) is 2.92. The molecule has 4 aromatic heterocycles. The second-order valence-corrected chi connectivity index (χ2v) is 9.63. The van der Waals surface area contributed by atoms with Gasteiger partial charge in [0.1, 0.15) is 0 Å². The number of aromatic nitrogens is 4. The number of nitrogens with zero attached hydrogens (tertiary/aromatic N) is 4. The van der Waals surface area contributed by atoms with Gasteiger partial charge in [-0.2, -0.15) is 0 Å². The molecule has 9 heteroatoms. The Balaban J connectivity index is 0.000000232. The number of halogens is 2. The molecule has 0 bridgehead atoms. The summed E-state index contributed by atoms with van der Waals surface area (Å²) in [5.74, 6) is -0.755. The molecule has 4 rings (SSSR count). The number of aryl methyl sites for hydroxylation is 2. The van der Waals surface area contributed by atoms with Gasteiger partial charge in [-0.15, -0.1) is 0 Å². The van der Waals surface area contributed by atoms with Crippen LogP contribution in [0.4, 0.5) is 0 Å². The minimum atomic E-state index is -0.755. The maximum atomic E-state index is 10.5. The summed E-state index contributed by atoms with van der Waals surface area (Å²) in [4.78, 5) is 27.5. The van der Waals surface area contributed by atoms with Crippen LogP contribution in [-0.4, -0.2) is 31.0 Å². The summed E-state index contributed by atoms with van der Waals surface area (Å²) in [6, 6.07) is 19.4. The molecule has 0 saturated carbocycles. The number of aliphatic carboxylic acids is 1. The van der Waals surface area contributed by atoms with Crippen LogP contribution in [0.3, 0.4) is 0 Å². The van der Waals surface area contributed by atoms with E-state index in [1.165, 1.54) is 0 Å². The number of pyridine rings is 4. The van der Waals surface area contributed by atoms with Gasteiger partial charge in [0.25, 0.3) is 0 Å². The van der Waals surface area contributed by atoms with Crippen LogP contribution in [-0.2, 0) is 26.4 Å². The smallest absolute Gasteiger partial charge is 0.0886 e. The van der Waals surface area contributed by atoms with Gasteiger partial charge in [-0.05, 0) is 79.4 Å². The molecule has 0 spiro atoms. The molecule has 4 aromatic rings. The molecule has 0 aromatic carbocycles. The van der Waals surface area contributed by atoms with Crippen molar-refractivity contribution < 1.29 is 25.0 Å². The third-order valence-corrected chi connectivity index (χ3v) is 4.45. The van der Waals surface area contributed by atoms with Crippen molar-refractivity contribution in [2.45, 2.75) is 26.2 Å². The van der Waals surface area contributed by atoms with E-state index in [0.717, 1.165) is 40.3 Å². The Morgan fingerprint density at radius 2 is 1.32 bits per heavy atom. The minimum absolute atomic E-state index is 0.195. The zero-order valence-corrected chi connectivity index (χ0v) is 21.7. The number of carbonyl (C=O) groups is 1. The molecule has 0 aliphatic heterocycles. The summed E-state index contributed by atoms with van der Waals surface area (Å²) in [6.07, 6.45) is 8.63. The van der Waals surface area contributed by atoms with Crippen LogP contribution in [0.5, 0.6) is 0 Å². The number of hydrogen-bond donors (Lipinski definition) is 1. The Morgan fingerprint density at radius 3 is 1.82 bits per heavy atom. The van der Waals surface area contributed by atoms with Crippen LogP contribution in [0.1, 0.15) is 24.0 Å². The van der Waals surface area contributed by atoms with Crippen LogP contribution in [0, 0.1) is 6.92 Å². The van der Waals surface area contributed by atoms with Gasteiger partial charge in [-0.3, -0.25) is 24.7 Å². The van der Waals surface area contributed by atoms with E-state index >= 15 is 0 Å². The molecule has 1 N–H and O–H groups in total. The van der Waals surface area contributed by atoms with Crippen LogP contribution < -0.4 is 0 Å². The Hall–Kier alpha value is -2.73. The second kappa shape index (κ2) is 16.0. The zero-order chi connectivity index (χ0) is 24.6. The van der Waals surface area contributed by atoms with Crippen molar-refractivity contribution >= 4 is 25.4 Å². The fourth-order valence-electron chi connectivity index (χ4n) is 2.92. The van der Waals surface area contributed by atoms with Gasteiger partial charge in [0.2, 0.25) is 0 Å². The van der Waals surface area contributed by atoms with E-state index in [9.17, 15) is 4.79 Å².